The van der Waals surface area contributed by atoms with Gasteiger partial charge < -0.3 is 5.73 Å². The van der Waals surface area contributed by atoms with E-state index in [0.29, 0.717) is 17.0 Å². The fourth-order valence-corrected chi connectivity index (χ4v) is 2.48. The topological polar surface area (TPSA) is 68.9 Å². The minimum Gasteiger partial charge on any atom is -0.366 e. The van der Waals surface area contributed by atoms with Crippen molar-refractivity contribution in [2.45, 2.75) is 0 Å². The smallest absolute Gasteiger partial charge is 0.249 e. The molecule has 1 amide bonds. The van der Waals surface area contributed by atoms with Gasteiger partial charge in [0.2, 0.25) is 5.91 Å². The van der Waals surface area contributed by atoms with Crippen LogP contribution in [0.15, 0.2) is 41.9 Å². The van der Waals surface area contributed by atoms with Crippen molar-refractivity contribution < 1.29 is 4.79 Å². The monoisotopic (exact) mass is 255 g/mol. The molecule has 3 rings (SSSR count). The Bertz CT molecular complexity index is 736. The molecule has 3 aromatic rings. The van der Waals surface area contributed by atoms with Crippen LogP contribution in [0.25, 0.3) is 21.6 Å². The van der Waals surface area contributed by atoms with Crippen molar-refractivity contribution in [2.24, 2.45) is 5.73 Å². The predicted octanol–water partition coefficient (Wildman–Crippen LogP) is 2.46. The van der Waals surface area contributed by atoms with E-state index in [9.17, 15) is 4.79 Å². The van der Waals surface area contributed by atoms with Gasteiger partial charge in [-0.15, -0.1) is 11.3 Å². The zero-order valence-electron chi connectivity index (χ0n) is 9.33. The molecule has 0 radical (unpaired) electrons. The molecule has 0 unspecified atom stereocenters. The van der Waals surface area contributed by atoms with Crippen LogP contribution < -0.4 is 5.73 Å². The zero-order chi connectivity index (χ0) is 12.5. The number of hydrogen-bond acceptors (Lipinski definition) is 4. The standard InChI is InChI=1S/C13H9N3OS/c14-12(17)8-3-1-2-4-9(8)13-15-7-11-10(16-13)5-6-18-11/h1-7H,(H2,14,17). The van der Waals surface area contributed by atoms with Crippen LogP contribution in [-0.4, -0.2) is 15.9 Å². The number of benzene rings is 1. The van der Waals surface area contributed by atoms with Gasteiger partial charge in [-0.3, -0.25) is 4.79 Å². The molecule has 0 saturated heterocycles. The van der Waals surface area contributed by atoms with Gasteiger partial charge in [-0.2, -0.15) is 0 Å². The van der Waals surface area contributed by atoms with Crippen LogP contribution in [0.3, 0.4) is 0 Å². The quantitative estimate of drug-likeness (QED) is 0.764. The summed E-state index contributed by atoms with van der Waals surface area (Å²) in [5, 5.41) is 1.96. The van der Waals surface area contributed by atoms with Crippen molar-refractivity contribution in [2.75, 3.05) is 0 Å². The highest BCUT2D eigenvalue weighted by Crippen LogP contribution is 2.24. The van der Waals surface area contributed by atoms with Crippen molar-refractivity contribution in [3.63, 3.8) is 0 Å². The van der Waals surface area contributed by atoms with Crippen molar-refractivity contribution >= 4 is 27.5 Å². The van der Waals surface area contributed by atoms with Crippen LogP contribution in [0, 0.1) is 0 Å². The number of fused-ring (bicyclic) bond motifs is 1. The van der Waals surface area contributed by atoms with Gasteiger partial charge in [0.1, 0.15) is 0 Å². The summed E-state index contributed by atoms with van der Waals surface area (Å²) in [6.07, 6.45) is 1.76. The second-order valence-corrected chi connectivity index (χ2v) is 4.72. The minimum atomic E-state index is -0.473. The number of nitrogens with two attached hydrogens (primary N) is 1. The van der Waals surface area contributed by atoms with E-state index < -0.39 is 5.91 Å². The second-order valence-electron chi connectivity index (χ2n) is 3.77. The highest BCUT2D eigenvalue weighted by molar-refractivity contribution is 7.17. The normalized spacial score (nSPS) is 10.7. The van der Waals surface area contributed by atoms with Crippen LogP contribution >= 0.6 is 11.3 Å². The van der Waals surface area contributed by atoms with Crippen LogP contribution in [0.1, 0.15) is 10.4 Å². The van der Waals surface area contributed by atoms with E-state index >= 15 is 0 Å². The molecule has 18 heavy (non-hydrogen) atoms. The fraction of sp³-hybridized carbons (Fsp3) is 0. The molecule has 0 spiro atoms. The molecule has 0 bridgehead atoms. The maximum Gasteiger partial charge on any atom is 0.249 e. The summed E-state index contributed by atoms with van der Waals surface area (Å²) in [4.78, 5) is 20.1. The Balaban J connectivity index is 2.22. The number of carbonyl (C=O) groups excluding carboxylic acids is 1. The SMILES string of the molecule is NC(=O)c1ccccc1-c1ncc2sccc2n1. The molecule has 0 fully saturated rings. The molecule has 2 heterocycles. The minimum absolute atomic E-state index is 0.437. The third-order valence-corrected chi connectivity index (χ3v) is 3.48. The first-order valence-electron chi connectivity index (χ1n) is 5.35. The van der Waals surface area contributed by atoms with Crippen molar-refractivity contribution in [3.05, 3.63) is 47.5 Å². The van der Waals surface area contributed by atoms with Gasteiger partial charge in [0.25, 0.3) is 0 Å². The summed E-state index contributed by atoms with van der Waals surface area (Å²) in [7, 11) is 0. The third-order valence-electron chi connectivity index (χ3n) is 2.64. The molecule has 4 nitrogen and oxygen atoms in total. The Morgan fingerprint density at radius 2 is 2.06 bits per heavy atom. The number of primary amides is 1. The molecule has 0 aliphatic carbocycles. The summed E-state index contributed by atoms with van der Waals surface area (Å²) in [6.45, 7) is 0. The van der Waals surface area contributed by atoms with Crippen LogP contribution in [0.2, 0.25) is 0 Å². The van der Waals surface area contributed by atoms with E-state index in [4.69, 9.17) is 5.73 Å². The molecular weight excluding hydrogens is 246 g/mol. The highest BCUT2D eigenvalue weighted by atomic mass is 32.1. The number of thiophene rings is 1. The fourth-order valence-electron chi connectivity index (χ4n) is 1.79. The van der Waals surface area contributed by atoms with E-state index in [1.54, 1.807) is 35.7 Å². The van der Waals surface area contributed by atoms with E-state index in [-0.39, 0.29) is 0 Å². The second kappa shape index (κ2) is 4.19. The third kappa shape index (κ3) is 1.74. The first-order chi connectivity index (χ1) is 8.75. The maximum atomic E-state index is 11.4. The summed E-state index contributed by atoms with van der Waals surface area (Å²) < 4.78 is 1.02. The van der Waals surface area contributed by atoms with Crippen LogP contribution in [0.4, 0.5) is 0 Å². The van der Waals surface area contributed by atoms with Crippen molar-refractivity contribution in [1.82, 2.24) is 9.97 Å². The van der Waals surface area contributed by atoms with Crippen molar-refractivity contribution in [1.29, 1.82) is 0 Å². The Hall–Kier alpha value is -2.27. The van der Waals surface area contributed by atoms with Crippen LogP contribution in [0.5, 0.6) is 0 Å². The Labute approximate surface area is 107 Å². The number of carbonyl (C=O) groups is 1. The largest absolute Gasteiger partial charge is 0.366 e. The van der Waals surface area contributed by atoms with Gasteiger partial charge >= 0.3 is 0 Å². The Morgan fingerprint density at radius 3 is 2.89 bits per heavy atom. The Kier molecular flexibility index (Phi) is 2.53. The Morgan fingerprint density at radius 1 is 1.22 bits per heavy atom. The van der Waals surface area contributed by atoms with E-state index in [2.05, 4.69) is 9.97 Å². The molecule has 2 aromatic heterocycles. The molecule has 1 aromatic carbocycles. The van der Waals surface area contributed by atoms with Gasteiger partial charge in [0.15, 0.2) is 5.82 Å². The van der Waals surface area contributed by atoms with E-state index in [1.807, 2.05) is 17.5 Å². The molecule has 2 N–H and O–H groups in total. The summed E-state index contributed by atoms with van der Waals surface area (Å²) in [6, 6.07) is 9.01. The average Bonchev–Trinajstić information content (AvgIpc) is 2.85. The molecular formula is C13H9N3OS. The predicted molar refractivity (Wildman–Crippen MR) is 71.4 cm³/mol. The van der Waals surface area contributed by atoms with Gasteiger partial charge in [-0.05, 0) is 17.5 Å². The lowest BCUT2D eigenvalue weighted by atomic mass is 10.1. The zero-order valence-corrected chi connectivity index (χ0v) is 10.1. The van der Waals surface area contributed by atoms with Gasteiger partial charge in [-0.1, -0.05) is 18.2 Å². The lowest BCUT2D eigenvalue weighted by molar-refractivity contribution is 0.100. The summed E-state index contributed by atoms with van der Waals surface area (Å²) in [5.41, 5.74) is 7.33. The molecule has 5 heteroatoms. The lowest BCUT2D eigenvalue weighted by Gasteiger charge is -2.04. The summed E-state index contributed by atoms with van der Waals surface area (Å²) in [5.74, 6) is 0.0508. The first kappa shape index (κ1) is 10.9. The number of nitrogens with zero attached hydrogens (tertiary/aromatic N) is 2. The van der Waals surface area contributed by atoms with E-state index in [1.165, 1.54) is 0 Å². The lowest BCUT2D eigenvalue weighted by Crippen LogP contribution is -2.12. The number of aromatic nitrogens is 2. The molecule has 0 aliphatic rings. The van der Waals surface area contributed by atoms with Crippen LogP contribution in [-0.2, 0) is 0 Å². The van der Waals surface area contributed by atoms with Gasteiger partial charge in [-0.25, -0.2) is 9.97 Å². The molecule has 88 valence electrons. The number of amides is 1. The van der Waals surface area contributed by atoms with Crippen molar-refractivity contribution in [3.8, 4) is 11.4 Å². The average molecular weight is 255 g/mol. The van der Waals surface area contributed by atoms with E-state index in [0.717, 1.165) is 10.2 Å². The van der Waals surface area contributed by atoms with Gasteiger partial charge in [0.05, 0.1) is 15.8 Å². The number of hydrogen-bond donors (Lipinski definition) is 1. The highest BCUT2D eigenvalue weighted by Gasteiger charge is 2.12. The molecule has 0 aliphatic heterocycles. The summed E-state index contributed by atoms with van der Waals surface area (Å²) >= 11 is 1.59. The molecule has 0 saturated carbocycles. The van der Waals surface area contributed by atoms with Gasteiger partial charge in [0, 0.05) is 11.8 Å². The number of rotatable bonds is 2. The molecule has 0 atom stereocenters. The maximum absolute atomic E-state index is 11.4. The first-order valence-corrected chi connectivity index (χ1v) is 6.23.